The van der Waals surface area contributed by atoms with Gasteiger partial charge in [0.15, 0.2) is 5.17 Å². The van der Waals surface area contributed by atoms with Gasteiger partial charge in [0.25, 0.3) is 0 Å². The van der Waals surface area contributed by atoms with E-state index in [2.05, 4.69) is 26.2 Å². The van der Waals surface area contributed by atoms with E-state index in [9.17, 15) is 9.59 Å². The third kappa shape index (κ3) is 5.60. The van der Waals surface area contributed by atoms with E-state index < -0.39 is 0 Å². The zero-order valence-corrected chi connectivity index (χ0v) is 18.7. The van der Waals surface area contributed by atoms with Crippen molar-refractivity contribution >= 4 is 50.4 Å². The Morgan fingerprint density at radius 1 is 1.18 bits per heavy atom. The summed E-state index contributed by atoms with van der Waals surface area (Å²) in [6.45, 7) is 2.64. The molecule has 0 aromatic heterocycles. The van der Waals surface area contributed by atoms with E-state index in [1.807, 2.05) is 36.1 Å². The molecule has 1 aromatic carbocycles. The van der Waals surface area contributed by atoms with Crippen molar-refractivity contribution < 1.29 is 9.59 Å². The van der Waals surface area contributed by atoms with E-state index in [0.717, 1.165) is 41.0 Å². The first-order valence-electron chi connectivity index (χ1n) is 10.2. The van der Waals surface area contributed by atoms with Crippen molar-refractivity contribution in [1.29, 1.82) is 0 Å². The van der Waals surface area contributed by atoms with Crippen LogP contribution in [-0.4, -0.2) is 39.7 Å². The summed E-state index contributed by atoms with van der Waals surface area (Å²) in [7, 11) is 0. The van der Waals surface area contributed by atoms with E-state index in [4.69, 9.17) is 0 Å². The molecule has 0 bridgehead atoms. The Kier molecular flexibility index (Phi) is 7.97. The molecule has 0 spiro atoms. The van der Waals surface area contributed by atoms with Gasteiger partial charge in [0.2, 0.25) is 11.8 Å². The van der Waals surface area contributed by atoms with Crippen LogP contribution in [-0.2, 0) is 9.59 Å². The first-order chi connectivity index (χ1) is 13.6. The van der Waals surface area contributed by atoms with Gasteiger partial charge in [-0.15, -0.1) is 0 Å². The lowest BCUT2D eigenvalue weighted by Crippen LogP contribution is -2.42. The number of halogens is 1. The molecule has 0 radical (unpaired) electrons. The topological polar surface area (TPSA) is 61.8 Å². The highest BCUT2D eigenvalue weighted by Crippen LogP contribution is 2.35. The fourth-order valence-corrected chi connectivity index (χ4v) is 5.33. The number of hydrogen-bond acceptors (Lipinski definition) is 4. The van der Waals surface area contributed by atoms with Gasteiger partial charge >= 0.3 is 0 Å². The summed E-state index contributed by atoms with van der Waals surface area (Å²) in [5.74, 6) is -0.0859. The third-order valence-electron chi connectivity index (χ3n) is 5.20. The SMILES string of the molecule is CCN=C1S[C@H](CC(=O)Nc2ccc(Br)cc2)C(=O)N1C1CCCCCCC1. The number of hydrogen-bond donors (Lipinski definition) is 1. The standard InChI is InChI=1S/C21H28BrN3O2S/c1-2-23-21-25(17-8-6-4-3-5-7-9-17)20(27)18(28-21)14-19(26)24-16-12-10-15(22)11-13-16/h10-13,17-18H,2-9,14H2,1H3,(H,24,26)/t18-/m1/s1. The van der Waals surface area contributed by atoms with Gasteiger partial charge in [-0.3, -0.25) is 19.5 Å². The van der Waals surface area contributed by atoms with Gasteiger partial charge in [0.05, 0.1) is 0 Å². The molecule has 1 N–H and O–H groups in total. The van der Waals surface area contributed by atoms with Gasteiger partial charge in [-0.25, -0.2) is 0 Å². The van der Waals surface area contributed by atoms with Crippen molar-refractivity contribution in [2.45, 2.75) is 69.6 Å². The molecule has 1 aliphatic carbocycles. The van der Waals surface area contributed by atoms with Crippen LogP contribution in [0.25, 0.3) is 0 Å². The van der Waals surface area contributed by atoms with Crippen LogP contribution in [0.4, 0.5) is 5.69 Å². The van der Waals surface area contributed by atoms with Gasteiger partial charge < -0.3 is 5.32 Å². The van der Waals surface area contributed by atoms with E-state index in [0.29, 0.717) is 6.54 Å². The molecule has 7 heteroatoms. The lowest BCUT2D eigenvalue weighted by molar-refractivity contribution is -0.129. The van der Waals surface area contributed by atoms with Crippen LogP contribution in [0.3, 0.4) is 0 Å². The number of nitrogens with one attached hydrogen (secondary N) is 1. The minimum atomic E-state index is -0.383. The van der Waals surface area contributed by atoms with Crippen LogP contribution >= 0.6 is 27.7 Å². The minimum absolute atomic E-state index is 0.0497. The maximum atomic E-state index is 13.2. The molecule has 2 aliphatic rings. The van der Waals surface area contributed by atoms with Crippen LogP contribution in [0, 0.1) is 0 Å². The summed E-state index contributed by atoms with van der Waals surface area (Å²) in [4.78, 5) is 32.2. The number of nitrogens with zero attached hydrogens (tertiary/aromatic N) is 2. The highest BCUT2D eigenvalue weighted by Gasteiger charge is 2.42. The van der Waals surface area contributed by atoms with E-state index in [1.54, 1.807) is 0 Å². The second-order valence-corrected chi connectivity index (χ2v) is 9.42. The maximum absolute atomic E-state index is 13.2. The number of carbonyl (C=O) groups excluding carboxylic acids is 2. The monoisotopic (exact) mass is 465 g/mol. The Labute approximate surface area is 179 Å². The largest absolute Gasteiger partial charge is 0.326 e. The summed E-state index contributed by atoms with van der Waals surface area (Å²) < 4.78 is 0.960. The number of benzene rings is 1. The van der Waals surface area contributed by atoms with Gasteiger partial charge in [0, 0.05) is 29.2 Å². The molecule has 2 fully saturated rings. The number of thioether (sulfide) groups is 1. The molecule has 1 saturated carbocycles. The second kappa shape index (κ2) is 10.4. The molecule has 1 aromatic rings. The Hall–Kier alpha value is -1.34. The molecule has 2 amide bonds. The highest BCUT2D eigenvalue weighted by molar-refractivity contribution is 9.10. The number of amidine groups is 1. The molecule has 5 nitrogen and oxygen atoms in total. The van der Waals surface area contributed by atoms with E-state index in [1.165, 1.54) is 31.0 Å². The van der Waals surface area contributed by atoms with Crippen molar-refractivity contribution in [3.63, 3.8) is 0 Å². The van der Waals surface area contributed by atoms with E-state index in [-0.39, 0.29) is 29.5 Å². The van der Waals surface area contributed by atoms with Crippen LogP contribution < -0.4 is 5.32 Å². The number of aliphatic imine (C=N–C) groups is 1. The van der Waals surface area contributed by atoms with Crippen LogP contribution in [0.15, 0.2) is 33.7 Å². The number of amides is 2. The van der Waals surface area contributed by atoms with Crippen molar-refractivity contribution in [3.05, 3.63) is 28.7 Å². The Morgan fingerprint density at radius 3 is 2.46 bits per heavy atom. The molecular formula is C21H28BrN3O2S. The van der Waals surface area contributed by atoms with Gasteiger partial charge in [-0.1, -0.05) is 59.8 Å². The van der Waals surface area contributed by atoms with Crippen LogP contribution in [0.2, 0.25) is 0 Å². The minimum Gasteiger partial charge on any atom is -0.326 e. The van der Waals surface area contributed by atoms with E-state index >= 15 is 0 Å². The Morgan fingerprint density at radius 2 is 1.82 bits per heavy atom. The first-order valence-corrected chi connectivity index (χ1v) is 11.9. The Bertz CT molecular complexity index is 715. The van der Waals surface area contributed by atoms with Crippen molar-refractivity contribution in [2.24, 2.45) is 4.99 Å². The fourth-order valence-electron chi connectivity index (χ4n) is 3.80. The van der Waals surface area contributed by atoms with Gasteiger partial charge in [-0.2, -0.15) is 0 Å². The summed E-state index contributed by atoms with van der Waals surface area (Å²) in [5, 5.41) is 3.31. The molecule has 3 rings (SSSR count). The number of anilines is 1. The zero-order chi connectivity index (χ0) is 19.9. The first kappa shape index (κ1) is 21.4. The van der Waals surface area contributed by atoms with Gasteiger partial charge in [-0.05, 0) is 44.0 Å². The smallest absolute Gasteiger partial charge is 0.242 e. The second-order valence-electron chi connectivity index (χ2n) is 7.33. The normalized spacial score (nSPS) is 22.9. The van der Waals surface area contributed by atoms with Gasteiger partial charge in [0.1, 0.15) is 5.25 Å². The lowest BCUT2D eigenvalue weighted by atomic mass is 9.95. The van der Waals surface area contributed by atoms with Crippen LogP contribution in [0.5, 0.6) is 0 Å². The quantitative estimate of drug-likeness (QED) is 0.648. The molecule has 1 heterocycles. The molecule has 1 atom stereocenters. The predicted molar refractivity (Wildman–Crippen MR) is 120 cm³/mol. The lowest BCUT2D eigenvalue weighted by Gasteiger charge is -2.29. The zero-order valence-electron chi connectivity index (χ0n) is 16.3. The maximum Gasteiger partial charge on any atom is 0.242 e. The van der Waals surface area contributed by atoms with Crippen molar-refractivity contribution in [3.8, 4) is 0 Å². The summed E-state index contributed by atoms with van der Waals surface area (Å²) in [6, 6.07) is 7.68. The molecule has 1 saturated heterocycles. The molecule has 1 aliphatic heterocycles. The fraction of sp³-hybridized carbons (Fsp3) is 0.571. The average molecular weight is 466 g/mol. The molecule has 0 unspecified atom stereocenters. The highest BCUT2D eigenvalue weighted by atomic mass is 79.9. The average Bonchev–Trinajstić information content (AvgIpc) is 2.93. The summed E-state index contributed by atoms with van der Waals surface area (Å²) >= 11 is 4.84. The summed E-state index contributed by atoms with van der Waals surface area (Å²) in [5.41, 5.74) is 0.739. The summed E-state index contributed by atoms with van der Waals surface area (Å²) in [6.07, 6.45) is 8.34. The molecular weight excluding hydrogens is 438 g/mol. The number of rotatable bonds is 5. The third-order valence-corrected chi connectivity index (χ3v) is 6.92. The van der Waals surface area contributed by atoms with Crippen molar-refractivity contribution in [2.75, 3.05) is 11.9 Å². The number of carbonyl (C=O) groups is 2. The molecule has 152 valence electrons. The predicted octanol–water partition coefficient (Wildman–Crippen LogP) is 5.21. The van der Waals surface area contributed by atoms with Crippen molar-refractivity contribution in [1.82, 2.24) is 4.90 Å². The Balaban J connectivity index is 1.66. The molecule has 28 heavy (non-hydrogen) atoms. The van der Waals surface area contributed by atoms with Crippen LogP contribution in [0.1, 0.15) is 58.3 Å².